The number of hydrogen-bond acceptors (Lipinski definition) is 4. The highest BCUT2D eigenvalue weighted by molar-refractivity contribution is 7.82. The Bertz CT molecular complexity index is 785. The lowest BCUT2D eigenvalue weighted by Crippen LogP contribution is -2.13. The maximum Gasteiger partial charge on any atom is 0.316 e. The van der Waals surface area contributed by atoms with Crippen LogP contribution in [-0.2, 0) is 11.3 Å². The second-order valence-electron chi connectivity index (χ2n) is 5.56. The molecule has 0 spiro atoms. The molecule has 0 fully saturated rings. The molecule has 0 aliphatic rings. The van der Waals surface area contributed by atoms with E-state index in [9.17, 15) is 9.32 Å². The lowest BCUT2D eigenvalue weighted by atomic mass is 10.1. The molecule has 0 aromatic heterocycles. The first-order valence-electron chi connectivity index (χ1n) is 7.25. The number of phenolic OH excluding ortho intramolecular Hbond substituents is 1. The van der Waals surface area contributed by atoms with Crippen LogP contribution in [0.15, 0.2) is 18.2 Å². The highest BCUT2D eigenvalue weighted by Gasteiger charge is 2.18. The fraction of sp³-hybridized carbons (Fsp3) is 0.294. The van der Waals surface area contributed by atoms with Crippen molar-refractivity contribution in [1.82, 2.24) is 0 Å². The van der Waals surface area contributed by atoms with Crippen LogP contribution in [0.1, 0.15) is 22.3 Å². The van der Waals surface area contributed by atoms with Crippen molar-refractivity contribution in [2.75, 3.05) is 11.8 Å². The zero-order valence-electron chi connectivity index (χ0n) is 14.2. The number of hydrogen-bond donors (Lipinski definition) is 2. The third kappa shape index (κ3) is 3.76. The van der Waals surface area contributed by atoms with Crippen molar-refractivity contribution < 1.29 is 18.2 Å². The van der Waals surface area contributed by atoms with E-state index in [2.05, 4.69) is 4.72 Å². The minimum absolute atomic E-state index is 0.0969. The summed E-state index contributed by atoms with van der Waals surface area (Å²) in [5.41, 5.74) is 3.65. The Balaban J connectivity index is 2.30. The molecule has 130 valence electrons. The van der Waals surface area contributed by atoms with E-state index in [1.165, 1.54) is 13.2 Å². The van der Waals surface area contributed by atoms with Crippen molar-refractivity contribution >= 4 is 28.6 Å². The van der Waals surface area contributed by atoms with Gasteiger partial charge in [0.2, 0.25) is 0 Å². The molecule has 0 bridgehead atoms. The zero-order valence-corrected chi connectivity index (χ0v) is 15.8. The topological polar surface area (TPSA) is 67.8 Å². The second kappa shape index (κ2) is 7.32. The molecular weight excluding hydrogens is 350 g/mol. The van der Waals surface area contributed by atoms with Crippen molar-refractivity contribution in [1.29, 1.82) is 0 Å². The van der Waals surface area contributed by atoms with E-state index in [4.69, 9.17) is 20.5 Å². The van der Waals surface area contributed by atoms with Crippen LogP contribution in [0.25, 0.3) is 0 Å². The number of anilines is 1. The Morgan fingerprint density at radius 3 is 2.25 bits per heavy atom. The molecule has 0 saturated heterocycles. The fourth-order valence-corrected chi connectivity index (χ4v) is 3.59. The van der Waals surface area contributed by atoms with Crippen LogP contribution in [0.5, 0.6) is 17.2 Å². The average molecular weight is 370 g/mol. The van der Waals surface area contributed by atoms with Gasteiger partial charge < -0.3 is 14.0 Å². The van der Waals surface area contributed by atoms with Gasteiger partial charge in [0.15, 0.2) is 5.75 Å². The molecule has 0 aliphatic carbocycles. The van der Waals surface area contributed by atoms with Gasteiger partial charge in [0, 0.05) is 11.6 Å². The van der Waals surface area contributed by atoms with Crippen LogP contribution in [0.4, 0.5) is 5.69 Å². The first-order valence-corrected chi connectivity index (χ1v) is 8.70. The van der Waals surface area contributed by atoms with Gasteiger partial charge in [-0.2, -0.15) is 4.21 Å². The van der Waals surface area contributed by atoms with Gasteiger partial charge in [0.25, 0.3) is 0 Å². The van der Waals surface area contributed by atoms with E-state index >= 15 is 0 Å². The van der Waals surface area contributed by atoms with E-state index in [0.717, 1.165) is 16.7 Å². The van der Waals surface area contributed by atoms with Crippen LogP contribution < -0.4 is 13.6 Å². The average Bonchev–Trinajstić information content (AvgIpc) is 2.51. The van der Waals surface area contributed by atoms with Crippen LogP contribution in [-0.4, -0.2) is 16.4 Å². The first kappa shape index (κ1) is 18.4. The third-order valence-corrected chi connectivity index (χ3v) is 4.61. The Morgan fingerprint density at radius 1 is 1.12 bits per heavy atom. The standard InChI is InChI=1S/C17H20ClNO4S/c1-9-6-10(2)17(11(3)7-9)23-24(21)19-15-12(4)14(22-5)8-13(18)16(15)20/h6-8,19-20H,1-5H3. The van der Waals surface area contributed by atoms with Crippen LogP contribution in [0.3, 0.4) is 0 Å². The maximum atomic E-state index is 12.4. The highest BCUT2D eigenvalue weighted by Crippen LogP contribution is 2.40. The van der Waals surface area contributed by atoms with E-state index in [1.807, 2.05) is 32.9 Å². The molecule has 1 unspecified atom stereocenters. The number of aryl methyl sites for hydroxylation is 3. The lowest BCUT2D eigenvalue weighted by Gasteiger charge is -2.16. The van der Waals surface area contributed by atoms with Crippen molar-refractivity contribution in [2.45, 2.75) is 27.7 Å². The molecule has 5 nitrogen and oxygen atoms in total. The number of phenols is 1. The molecule has 2 N–H and O–H groups in total. The minimum Gasteiger partial charge on any atom is -0.504 e. The Labute approximate surface area is 149 Å². The lowest BCUT2D eigenvalue weighted by molar-refractivity contribution is 0.409. The number of rotatable bonds is 5. The predicted octanol–water partition coefficient (Wildman–Crippen LogP) is 4.36. The summed E-state index contributed by atoms with van der Waals surface area (Å²) < 4.78 is 25.7. The normalized spacial score (nSPS) is 11.9. The van der Waals surface area contributed by atoms with Gasteiger partial charge in [-0.05, 0) is 38.8 Å². The summed E-state index contributed by atoms with van der Waals surface area (Å²) in [6.07, 6.45) is 0. The van der Waals surface area contributed by atoms with Gasteiger partial charge in [0.05, 0.1) is 17.8 Å². The molecule has 0 aliphatic heterocycles. The summed E-state index contributed by atoms with van der Waals surface area (Å²) in [6.45, 7) is 7.48. The van der Waals surface area contributed by atoms with Gasteiger partial charge in [-0.25, -0.2) is 0 Å². The summed E-state index contributed by atoms with van der Waals surface area (Å²) in [6, 6.07) is 5.39. The molecular formula is C17H20ClNO4S. The van der Waals surface area contributed by atoms with Crippen LogP contribution in [0, 0.1) is 27.7 Å². The molecule has 1 atom stereocenters. The summed E-state index contributed by atoms with van der Waals surface area (Å²) in [4.78, 5) is 0. The van der Waals surface area contributed by atoms with Crippen molar-refractivity contribution in [3.63, 3.8) is 0 Å². The minimum atomic E-state index is -1.91. The van der Waals surface area contributed by atoms with Gasteiger partial charge in [0.1, 0.15) is 11.5 Å². The van der Waals surface area contributed by atoms with E-state index in [0.29, 0.717) is 17.1 Å². The second-order valence-corrected chi connectivity index (χ2v) is 6.80. The molecule has 0 amide bonds. The van der Waals surface area contributed by atoms with Gasteiger partial charge in [-0.3, -0.25) is 4.72 Å². The van der Waals surface area contributed by atoms with Crippen molar-refractivity contribution in [2.24, 2.45) is 0 Å². The Morgan fingerprint density at radius 2 is 1.71 bits per heavy atom. The van der Waals surface area contributed by atoms with Gasteiger partial charge in [-0.1, -0.05) is 29.3 Å². The molecule has 24 heavy (non-hydrogen) atoms. The quantitative estimate of drug-likeness (QED) is 0.768. The maximum absolute atomic E-state index is 12.4. The largest absolute Gasteiger partial charge is 0.504 e. The monoisotopic (exact) mass is 369 g/mol. The molecule has 2 aromatic rings. The van der Waals surface area contributed by atoms with Crippen molar-refractivity contribution in [3.05, 3.63) is 45.5 Å². The number of ether oxygens (including phenoxy) is 1. The van der Waals surface area contributed by atoms with E-state index in [1.54, 1.807) is 6.92 Å². The zero-order chi connectivity index (χ0) is 18.0. The third-order valence-electron chi connectivity index (χ3n) is 3.63. The summed E-state index contributed by atoms with van der Waals surface area (Å²) in [5, 5.41) is 10.2. The van der Waals surface area contributed by atoms with Crippen molar-refractivity contribution in [3.8, 4) is 17.2 Å². The fourth-order valence-electron chi connectivity index (χ4n) is 2.53. The van der Waals surface area contributed by atoms with Crippen LogP contribution in [0.2, 0.25) is 5.02 Å². The molecule has 0 radical (unpaired) electrons. The number of halogens is 1. The van der Waals surface area contributed by atoms with E-state index < -0.39 is 11.3 Å². The SMILES string of the molecule is COc1cc(Cl)c(O)c(NS(=O)Oc2c(C)cc(C)cc2C)c1C. The Hall–Kier alpha value is -1.92. The highest BCUT2D eigenvalue weighted by atomic mass is 35.5. The molecule has 0 saturated carbocycles. The molecule has 0 heterocycles. The predicted molar refractivity (Wildman–Crippen MR) is 97.5 cm³/mol. The number of aromatic hydroxyl groups is 1. The molecule has 2 rings (SSSR count). The number of nitrogens with one attached hydrogen (secondary N) is 1. The summed E-state index contributed by atoms with van der Waals surface area (Å²) in [5.74, 6) is 0.807. The summed E-state index contributed by atoms with van der Waals surface area (Å²) in [7, 11) is 1.49. The molecule has 7 heteroatoms. The van der Waals surface area contributed by atoms with E-state index in [-0.39, 0.29) is 16.5 Å². The molecule has 2 aromatic carbocycles. The Kier molecular flexibility index (Phi) is 5.62. The first-order chi connectivity index (χ1) is 11.2. The summed E-state index contributed by atoms with van der Waals surface area (Å²) >= 11 is 4.06. The van der Waals surface area contributed by atoms with Gasteiger partial charge >= 0.3 is 11.3 Å². The number of methoxy groups -OCH3 is 1. The van der Waals surface area contributed by atoms with Gasteiger partial charge in [-0.15, -0.1) is 0 Å². The smallest absolute Gasteiger partial charge is 0.316 e. The number of benzene rings is 2. The van der Waals surface area contributed by atoms with Crippen LogP contribution >= 0.6 is 11.6 Å².